The van der Waals surface area contributed by atoms with Crippen LogP contribution in [0.25, 0.3) is 5.57 Å². The number of carbonyl (C=O) groups excluding carboxylic acids is 1. The van der Waals surface area contributed by atoms with Crippen molar-refractivity contribution in [1.82, 2.24) is 0 Å². The van der Waals surface area contributed by atoms with E-state index < -0.39 is 5.38 Å². The van der Waals surface area contributed by atoms with Crippen LogP contribution in [0.2, 0.25) is 0 Å². The predicted octanol–water partition coefficient (Wildman–Crippen LogP) is 4.15. The molecule has 1 aromatic carbocycles. The van der Waals surface area contributed by atoms with Gasteiger partial charge in [0, 0.05) is 5.56 Å². The van der Waals surface area contributed by atoms with Gasteiger partial charge >= 0.3 is 0 Å². The lowest BCUT2D eigenvalue weighted by Crippen LogP contribution is -2.51. The first kappa shape index (κ1) is 14.1. The molecule has 0 aromatic heterocycles. The summed E-state index contributed by atoms with van der Waals surface area (Å²) in [5.41, 5.74) is 4.05. The Hall–Kier alpha value is -1.28. The number of rotatable bonds is 1. The second kappa shape index (κ2) is 4.68. The SMILES string of the molecule is CC1=CC(C)(C)N(C(=O)C(C)Cl)c2c(C)cccc21. The first-order valence-corrected chi connectivity index (χ1v) is 6.97. The smallest absolute Gasteiger partial charge is 0.245 e. The van der Waals surface area contributed by atoms with E-state index in [0.717, 1.165) is 16.8 Å². The predicted molar refractivity (Wildman–Crippen MR) is 81.7 cm³/mol. The minimum atomic E-state index is -0.529. The van der Waals surface area contributed by atoms with Crippen molar-refractivity contribution in [2.45, 2.75) is 45.5 Å². The summed E-state index contributed by atoms with van der Waals surface area (Å²) in [7, 11) is 0. The van der Waals surface area contributed by atoms with Gasteiger partial charge in [-0.15, -0.1) is 11.6 Å². The molecule has 1 unspecified atom stereocenters. The number of amides is 1. The summed E-state index contributed by atoms with van der Waals surface area (Å²) in [6.07, 6.45) is 2.13. The molecule has 0 N–H and O–H groups in total. The third-order valence-electron chi connectivity index (χ3n) is 3.59. The Morgan fingerprint density at radius 2 is 1.95 bits per heavy atom. The van der Waals surface area contributed by atoms with Crippen molar-refractivity contribution in [3.8, 4) is 0 Å². The molecule has 0 spiro atoms. The molecule has 0 saturated carbocycles. The molecule has 1 aliphatic heterocycles. The molecule has 1 amide bonds. The molecule has 0 aliphatic carbocycles. The molecule has 1 heterocycles. The van der Waals surface area contributed by atoms with Crippen LogP contribution in [0.1, 0.15) is 38.8 Å². The van der Waals surface area contributed by atoms with Gasteiger partial charge < -0.3 is 4.90 Å². The highest BCUT2D eigenvalue weighted by molar-refractivity contribution is 6.33. The average Bonchev–Trinajstić information content (AvgIpc) is 2.29. The fourth-order valence-corrected chi connectivity index (χ4v) is 2.90. The molecule has 19 heavy (non-hydrogen) atoms. The topological polar surface area (TPSA) is 20.3 Å². The Morgan fingerprint density at radius 3 is 2.53 bits per heavy atom. The minimum Gasteiger partial charge on any atom is -0.301 e. The van der Waals surface area contributed by atoms with E-state index in [1.54, 1.807) is 6.92 Å². The summed E-state index contributed by atoms with van der Waals surface area (Å²) < 4.78 is 0. The fraction of sp³-hybridized carbons (Fsp3) is 0.438. The lowest BCUT2D eigenvalue weighted by atomic mass is 9.87. The Morgan fingerprint density at radius 1 is 1.32 bits per heavy atom. The van der Waals surface area contributed by atoms with Crippen LogP contribution in [0.4, 0.5) is 5.69 Å². The summed E-state index contributed by atoms with van der Waals surface area (Å²) in [5.74, 6) is -0.0500. The highest BCUT2D eigenvalue weighted by Gasteiger charge is 2.37. The third kappa shape index (κ3) is 2.30. The molecule has 102 valence electrons. The van der Waals surface area contributed by atoms with Gasteiger partial charge in [-0.25, -0.2) is 0 Å². The summed E-state index contributed by atoms with van der Waals surface area (Å²) in [4.78, 5) is 14.3. The summed E-state index contributed by atoms with van der Waals surface area (Å²) >= 11 is 6.03. The number of para-hydroxylation sites is 1. The van der Waals surface area contributed by atoms with Crippen molar-refractivity contribution in [3.05, 3.63) is 35.4 Å². The fourth-order valence-electron chi connectivity index (χ4n) is 2.81. The third-order valence-corrected chi connectivity index (χ3v) is 3.78. The van der Waals surface area contributed by atoms with E-state index in [1.807, 2.05) is 37.8 Å². The molecule has 3 heteroatoms. The molecule has 0 bridgehead atoms. The number of hydrogen-bond acceptors (Lipinski definition) is 1. The van der Waals surface area contributed by atoms with E-state index in [0.29, 0.717) is 0 Å². The van der Waals surface area contributed by atoms with Crippen LogP contribution in [-0.4, -0.2) is 16.8 Å². The molecule has 1 aliphatic rings. The first-order chi connectivity index (χ1) is 8.75. The standard InChI is InChI=1S/C16H20ClNO/c1-10-7-6-8-13-11(2)9-16(4,5)18(14(10)13)15(19)12(3)17/h6-9,12H,1-5H3. The minimum absolute atomic E-state index is 0.0500. The molecule has 1 atom stereocenters. The Kier molecular flexibility index (Phi) is 3.48. The Labute approximate surface area is 120 Å². The molecule has 0 radical (unpaired) electrons. The summed E-state index contributed by atoms with van der Waals surface area (Å²) in [6, 6.07) is 6.12. The van der Waals surface area contributed by atoms with Gasteiger partial charge in [0.1, 0.15) is 5.38 Å². The second-order valence-electron chi connectivity index (χ2n) is 5.74. The molecule has 1 aromatic rings. The quantitative estimate of drug-likeness (QED) is 0.706. The van der Waals surface area contributed by atoms with Gasteiger partial charge in [0.25, 0.3) is 0 Å². The van der Waals surface area contributed by atoms with Gasteiger partial charge in [0.05, 0.1) is 11.2 Å². The zero-order valence-corrected chi connectivity index (χ0v) is 12.9. The van der Waals surface area contributed by atoms with E-state index in [2.05, 4.69) is 19.1 Å². The van der Waals surface area contributed by atoms with Crippen LogP contribution in [0, 0.1) is 6.92 Å². The number of halogens is 1. The lowest BCUT2D eigenvalue weighted by molar-refractivity contribution is -0.118. The van der Waals surface area contributed by atoms with Crippen molar-refractivity contribution in [3.63, 3.8) is 0 Å². The van der Waals surface area contributed by atoms with Crippen LogP contribution in [0.15, 0.2) is 24.3 Å². The number of benzene rings is 1. The van der Waals surface area contributed by atoms with Gasteiger partial charge in [-0.1, -0.05) is 24.3 Å². The molecule has 2 nitrogen and oxygen atoms in total. The van der Waals surface area contributed by atoms with Crippen molar-refractivity contribution in [2.75, 3.05) is 4.90 Å². The van der Waals surface area contributed by atoms with Gasteiger partial charge in [0.15, 0.2) is 0 Å². The van der Waals surface area contributed by atoms with Gasteiger partial charge in [-0.05, 0) is 45.8 Å². The normalized spacial score (nSPS) is 18.6. The maximum absolute atomic E-state index is 12.5. The molecule has 0 saturated heterocycles. The van der Waals surface area contributed by atoms with Crippen LogP contribution in [-0.2, 0) is 4.79 Å². The van der Waals surface area contributed by atoms with Crippen LogP contribution >= 0.6 is 11.6 Å². The molecular formula is C16H20ClNO. The van der Waals surface area contributed by atoms with Gasteiger partial charge in [0.2, 0.25) is 5.91 Å². The number of anilines is 1. The number of allylic oxidation sites excluding steroid dienone is 1. The highest BCUT2D eigenvalue weighted by Crippen LogP contribution is 2.41. The van der Waals surface area contributed by atoms with Crippen LogP contribution in [0.3, 0.4) is 0 Å². The van der Waals surface area contributed by atoms with Gasteiger partial charge in [-0.3, -0.25) is 4.79 Å². The van der Waals surface area contributed by atoms with E-state index in [9.17, 15) is 4.79 Å². The zero-order chi connectivity index (χ0) is 14.4. The number of aryl methyl sites for hydroxylation is 1. The average molecular weight is 278 g/mol. The van der Waals surface area contributed by atoms with Crippen LogP contribution in [0.5, 0.6) is 0 Å². The van der Waals surface area contributed by atoms with Crippen molar-refractivity contribution < 1.29 is 4.79 Å². The maximum Gasteiger partial charge on any atom is 0.245 e. The Bertz CT molecular complexity index is 558. The van der Waals surface area contributed by atoms with E-state index >= 15 is 0 Å². The summed E-state index contributed by atoms with van der Waals surface area (Å²) in [5, 5.41) is -0.529. The number of nitrogens with zero attached hydrogens (tertiary/aromatic N) is 1. The number of hydrogen-bond donors (Lipinski definition) is 0. The molecule has 2 rings (SSSR count). The molecular weight excluding hydrogens is 258 g/mol. The van der Waals surface area contributed by atoms with E-state index in [-0.39, 0.29) is 11.4 Å². The second-order valence-corrected chi connectivity index (χ2v) is 6.40. The number of carbonyl (C=O) groups is 1. The first-order valence-electron chi connectivity index (χ1n) is 6.53. The number of fused-ring (bicyclic) bond motifs is 1. The van der Waals surface area contributed by atoms with Crippen molar-refractivity contribution >= 4 is 28.8 Å². The van der Waals surface area contributed by atoms with E-state index in [4.69, 9.17) is 11.6 Å². The van der Waals surface area contributed by atoms with Crippen molar-refractivity contribution in [2.24, 2.45) is 0 Å². The highest BCUT2D eigenvalue weighted by atomic mass is 35.5. The zero-order valence-electron chi connectivity index (χ0n) is 12.1. The van der Waals surface area contributed by atoms with Gasteiger partial charge in [-0.2, -0.15) is 0 Å². The summed E-state index contributed by atoms with van der Waals surface area (Å²) in [6.45, 7) is 9.94. The number of alkyl halides is 1. The monoisotopic (exact) mass is 277 g/mol. The lowest BCUT2D eigenvalue weighted by Gasteiger charge is -2.43. The largest absolute Gasteiger partial charge is 0.301 e. The van der Waals surface area contributed by atoms with E-state index in [1.165, 1.54) is 5.57 Å². The molecule has 0 fully saturated rings. The van der Waals surface area contributed by atoms with Crippen molar-refractivity contribution in [1.29, 1.82) is 0 Å². The van der Waals surface area contributed by atoms with Crippen LogP contribution < -0.4 is 4.90 Å². The Balaban J connectivity index is 2.70. The maximum atomic E-state index is 12.5.